The minimum atomic E-state index is 0.669. The first-order valence-corrected chi connectivity index (χ1v) is 6.29. The molecular formula is C12H18BrNO2. The zero-order valence-electron chi connectivity index (χ0n) is 9.54. The molecule has 0 amide bonds. The van der Waals surface area contributed by atoms with E-state index < -0.39 is 0 Å². The molecule has 90 valence electrons. The Morgan fingerprint density at radius 3 is 2.81 bits per heavy atom. The molecule has 0 saturated heterocycles. The van der Waals surface area contributed by atoms with Crippen molar-refractivity contribution >= 4 is 15.9 Å². The second-order valence-electron chi connectivity index (χ2n) is 3.25. The first-order valence-electron chi connectivity index (χ1n) is 5.49. The molecule has 0 fully saturated rings. The van der Waals surface area contributed by atoms with Gasteiger partial charge in [0.15, 0.2) is 0 Å². The van der Waals surface area contributed by atoms with Crippen molar-refractivity contribution in [1.29, 1.82) is 0 Å². The van der Waals surface area contributed by atoms with Crippen LogP contribution in [0.2, 0.25) is 0 Å². The lowest BCUT2D eigenvalue weighted by atomic mass is 10.3. The molecule has 0 radical (unpaired) electrons. The van der Waals surface area contributed by atoms with Gasteiger partial charge in [0, 0.05) is 24.2 Å². The summed E-state index contributed by atoms with van der Waals surface area (Å²) in [5, 5.41) is 3.24. The summed E-state index contributed by atoms with van der Waals surface area (Å²) in [5.41, 5.74) is 0. The van der Waals surface area contributed by atoms with Gasteiger partial charge in [0.25, 0.3) is 0 Å². The van der Waals surface area contributed by atoms with Crippen LogP contribution < -0.4 is 10.1 Å². The Balaban J connectivity index is 2.03. The van der Waals surface area contributed by atoms with E-state index in [-0.39, 0.29) is 0 Å². The van der Waals surface area contributed by atoms with Crippen LogP contribution in [0, 0.1) is 0 Å². The van der Waals surface area contributed by atoms with Gasteiger partial charge >= 0.3 is 0 Å². The van der Waals surface area contributed by atoms with Crippen LogP contribution in [0.15, 0.2) is 28.7 Å². The SMILES string of the molecule is CCOCCNCCOc1cccc(Br)c1. The van der Waals surface area contributed by atoms with Crippen LogP contribution in [0.4, 0.5) is 0 Å². The lowest BCUT2D eigenvalue weighted by Gasteiger charge is -2.07. The summed E-state index contributed by atoms with van der Waals surface area (Å²) in [5.74, 6) is 0.890. The van der Waals surface area contributed by atoms with Crippen LogP contribution >= 0.6 is 15.9 Å². The van der Waals surface area contributed by atoms with Crippen molar-refractivity contribution < 1.29 is 9.47 Å². The first-order chi connectivity index (χ1) is 7.83. The average molecular weight is 288 g/mol. The fraction of sp³-hybridized carbons (Fsp3) is 0.500. The van der Waals surface area contributed by atoms with Gasteiger partial charge < -0.3 is 14.8 Å². The molecule has 0 aromatic heterocycles. The molecule has 0 aliphatic carbocycles. The van der Waals surface area contributed by atoms with Gasteiger partial charge in [-0.1, -0.05) is 22.0 Å². The summed E-state index contributed by atoms with van der Waals surface area (Å²) >= 11 is 3.40. The molecule has 3 nitrogen and oxygen atoms in total. The number of rotatable bonds is 8. The van der Waals surface area contributed by atoms with Crippen molar-refractivity contribution in [2.45, 2.75) is 6.92 Å². The third-order valence-corrected chi connectivity index (χ3v) is 2.46. The van der Waals surface area contributed by atoms with E-state index in [0.29, 0.717) is 6.61 Å². The highest BCUT2D eigenvalue weighted by Gasteiger charge is 1.94. The molecule has 0 spiro atoms. The van der Waals surface area contributed by atoms with Gasteiger partial charge in [0.2, 0.25) is 0 Å². The van der Waals surface area contributed by atoms with Crippen LogP contribution in [-0.2, 0) is 4.74 Å². The van der Waals surface area contributed by atoms with Crippen LogP contribution in [0.25, 0.3) is 0 Å². The minimum absolute atomic E-state index is 0.669. The normalized spacial score (nSPS) is 10.4. The molecular weight excluding hydrogens is 270 g/mol. The Bertz CT molecular complexity index is 294. The number of hydrogen-bond acceptors (Lipinski definition) is 3. The molecule has 0 bridgehead atoms. The number of halogens is 1. The van der Waals surface area contributed by atoms with Crippen molar-refractivity contribution in [3.8, 4) is 5.75 Å². The Kier molecular flexibility index (Phi) is 7.21. The molecule has 0 atom stereocenters. The summed E-state index contributed by atoms with van der Waals surface area (Å²) < 4.78 is 11.8. The van der Waals surface area contributed by atoms with E-state index in [2.05, 4.69) is 21.2 Å². The fourth-order valence-electron chi connectivity index (χ4n) is 1.21. The highest BCUT2D eigenvalue weighted by Crippen LogP contribution is 2.17. The molecule has 0 aliphatic heterocycles. The number of benzene rings is 1. The standard InChI is InChI=1S/C12H18BrNO2/c1-2-15-8-6-14-7-9-16-12-5-3-4-11(13)10-12/h3-5,10,14H,2,6-9H2,1H3. The number of hydrogen-bond donors (Lipinski definition) is 1. The summed E-state index contributed by atoms with van der Waals surface area (Å²) in [7, 11) is 0. The third-order valence-electron chi connectivity index (χ3n) is 1.97. The van der Waals surface area contributed by atoms with Gasteiger partial charge in [-0.2, -0.15) is 0 Å². The maximum absolute atomic E-state index is 5.56. The van der Waals surface area contributed by atoms with E-state index >= 15 is 0 Å². The summed E-state index contributed by atoms with van der Waals surface area (Å²) in [6.45, 7) is 5.90. The Morgan fingerprint density at radius 1 is 1.25 bits per heavy atom. The highest BCUT2D eigenvalue weighted by atomic mass is 79.9. The van der Waals surface area contributed by atoms with Gasteiger partial charge in [-0.15, -0.1) is 0 Å². The van der Waals surface area contributed by atoms with Crippen molar-refractivity contribution in [3.63, 3.8) is 0 Å². The van der Waals surface area contributed by atoms with Crippen molar-refractivity contribution in [1.82, 2.24) is 5.32 Å². The van der Waals surface area contributed by atoms with Crippen LogP contribution in [0.1, 0.15) is 6.92 Å². The number of ether oxygens (including phenoxy) is 2. The largest absolute Gasteiger partial charge is 0.492 e. The second kappa shape index (κ2) is 8.56. The molecule has 0 unspecified atom stereocenters. The molecule has 0 aliphatic rings. The molecule has 1 rings (SSSR count). The smallest absolute Gasteiger partial charge is 0.120 e. The summed E-state index contributed by atoms with van der Waals surface area (Å²) in [6.07, 6.45) is 0. The van der Waals surface area contributed by atoms with E-state index in [1.165, 1.54) is 0 Å². The van der Waals surface area contributed by atoms with Crippen LogP contribution in [0.3, 0.4) is 0 Å². The Labute approximate surface area is 105 Å². The lowest BCUT2D eigenvalue weighted by Crippen LogP contribution is -2.24. The first kappa shape index (κ1) is 13.5. The van der Waals surface area contributed by atoms with Gasteiger partial charge in [-0.25, -0.2) is 0 Å². The minimum Gasteiger partial charge on any atom is -0.492 e. The topological polar surface area (TPSA) is 30.5 Å². The van der Waals surface area contributed by atoms with E-state index in [4.69, 9.17) is 9.47 Å². The maximum atomic E-state index is 5.56. The van der Waals surface area contributed by atoms with E-state index in [1.54, 1.807) is 0 Å². The molecule has 0 heterocycles. The average Bonchev–Trinajstić information content (AvgIpc) is 2.28. The summed E-state index contributed by atoms with van der Waals surface area (Å²) in [6, 6.07) is 7.85. The Hall–Kier alpha value is -0.580. The van der Waals surface area contributed by atoms with E-state index in [9.17, 15) is 0 Å². The van der Waals surface area contributed by atoms with Crippen molar-refractivity contribution in [2.24, 2.45) is 0 Å². The zero-order chi connectivity index (χ0) is 11.6. The maximum Gasteiger partial charge on any atom is 0.120 e. The number of nitrogens with one attached hydrogen (secondary N) is 1. The highest BCUT2D eigenvalue weighted by molar-refractivity contribution is 9.10. The molecule has 16 heavy (non-hydrogen) atoms. The molecule has 0 saturated carbocycles. The third kappa shape index (κ3) is 6.10. The summed E-state index contributed by atoms with van der Waals surface area (Å²) in [4.78, 5) is 0. The molecule has 1 aromatic rings. The van der Waals surface area contributed by atoms with E-state index in [0.717, 1.165) is 36.5 Å². The second-order valence-corrected chi connectivity index (χ2v) is 4.17. The monoisotopic (exact) mass is 287 g/mol. The zero-order valence-corrected chi connectivity index (χ0v) is 11.1. The quantitative estimate of drug-likeness (QED) is 0.745. The van der Waals surface area contributed by atoms with Crippen molar-refractivity contribution in [3.05, 3.63) is 28.7 Å². The fourth-order valence-corrected chi connectivity index (χ4v) is 1.59. The van der Waals surface area contributed by atoms with Gasteiger partial charge in [-0.05, 0) is 25.1 Å². The van der Waals surface area contributed by atoms with Crippen LogP contribution in [0.5, 0.6) is 5.75 Å². The predicted molar refractivity (Wildman–Crippen MR) is 69.0 cm³/mol. The Morgan fingerprint density at radius 2 is 2.06 bits per heavy atom. The molecule has 1 N–H and O–H groups in total. The molecule has 4 heteroatoms. The van der Waals surface area contributed by atoms with Gasteiger partial charge in [0.1, 0.15) is 12.4 Å². The molecule has 1 aromatic carbocycles. The van der Waals surface area contributed by atoms with Gasteiger partial charge in [0.05, 0.1) is 6.61 Å². The van der Waals surface area contributed by atoms with Crippen LogP contribution in [-0.4, -0.2) is 32.9 Å². The van der Waals surface area contributed by atoms with Crippen molar-refractivity contribution in [2.75, 3.05) is 32.9 Å². The van der Waals surface area contributed by atoms with Gasteiger partial charge in [-0.3, -0.25) is 0 Å². The predicted octanol–water partition coefficient (Wildman–Crippen LogP) is 2.45. The van der Waals surface area contributed by atoms with E-state index in [1.807, 2.05) is 31.2 Å². The lowest BCUT2D eigenvalue weighted by molar-refractivity contribution is 0.148.